The highest BCUT2D eigenvalue weighted by atomic mass is 32.2. The minimum Gasteiger partial charge on any atom is -0.501 e. The highest BCUT2D eigenvalue weighted by molar-refractivity contribution is 8.02. The van der Waals surface area contributed by atoms with Gasteiger partial charge in [-0.3, -0.25) is 19.2 Å². The molecule has 26 heavy (non-hydrogen) atoms. The molecule has 2 unspecified atom stereocenters. The van der Waals surface area contributed by atoms with E-state index in [1.54, 1.807) is 0 Å². The van der Waals surface area contributed by atoms with Gasteiger partial charge in [0.2, 0.25) is 17.6 Å². The van der Waals surface area contributed by atoms with E-state index in [-0.39, 0.29) is 18.6 Å². The molecule has 0 bridgehead atoms. The Balaban J connectivity index is 4.80. The number of hydrogen-bond donors (Lipinski definition) is 7. The standard InChI is InChI=1S/C13H19N3O9S/c14-6(12(22)23)1-2-9(18)16-7(11(21)15-3-10(19)20)4-26-5-8(17)13(24)25/h5-7,17H,1-4,14H2,(H,15,21)(H,16,18)(H,19,20)(H,22,23)(H,24,25)/b8-5+. The topological polar surface area (TPSA) is 216 Å². The van der Waals surface area contributed by atoms with Crippen molar-refractivity contribution in [2.24, 2.45) is 5.73 Å². The van der Waals surface area contributed by atoms with E-state index in [0.717, 1.165) is 5.41 Å². The summed E-state index contributed by atoms with van der Waals surface area (Å²) in [6.45, 7) is -0.698. The van der Waals surface area contributed by atoms with E-state index in [9.17, 15) is 24.0 Å². The van der Waals surface area contributed by atoms with Crippen LogP contribution in [0.1, 0.15) is 12.8 Å². The normalized spacial score (nSPS) is 13.3. The molecule has 0 radical (unpaired) electrons. The molecule has 146 valence electrons. The van der Waals surface area contributed by atoms with Gasteiger partial charge in [-0.25, -0.2) is 4.79 Å². The second kappa shape index (κ2) is 11.7. The van der Waals surface area contributed by atoms with Crippen LogP contribution in [0.4, 0.5) is 0 Å². The summed E-state index contributed by atoms with van der Waals surface area (Å²) in [7, 11) is 0. The molecule has 0 saturated carbocycles. The number of nitrogens with two attached hydrogens (primary N) is 1. The number of nitrogens with one attached hydrogen (secondary N) is 2. The first-order chi connectivity index (χ1) is 12.0. The second-order valence-electron chi connectivity index (χ2n) is 4.86. The zero-order valence-electron chi connectivity index (χ0n) is 13.4. The Morgan fingerprint density at radius 3 is 2.19 bits per heavy atom. The fourth-order valence-corrected chi connectivity index (χ4v) is 2.20. The van der Waals surface area contributed by atoms with Crippen LogP contribution in [0.5, 0.6) is 0 Å². The van der Waals surface area contributed by atoms with Crippen molar-refractivity contribution in [2.75, 3.05) is 12.3 Å². The fraction of sp³-hybridized carbons (Fsp3) is 0.462. The largest absolute Gasteiger partial charge is 0.501 e. The summed E-state index contributed by atoms with van der Waals surface area (Å²) >= 11 is 0.697. The molecule has 0 aromatic rings. The highest BCUT2D eigenvalue weighted by Crippen LogP contribution is 2.09. The average molecular weight is 393 g/mol. The summed E-state index contributed by atoms with van der Waals surface area (Å²) in [5.74, 6) is -6.93. The predicted octanol–water partition coefficient (Wildman–Crippen LogP) is -1.92. The van der Waals surface area contributed by atoms with Gasteiger partial charge in [-0.2, -0.15) is 0 Å². The van der Waals surface area contributed by atoms with Crippen molar-refractivity contribution >= 4 is 41.5 Å². The summed E-state index contributed by atoms with van der Waals surface area (Å²) < 4.78 is 0. The van der Waals surface area contributed by atoms with Crippen molar-refractivity contribution in [1.82, 2.24) is 10.6 Å². The van der Waals surface area contributed by atoms with Crippen molar-refractivity contribution in [3.8, 4) is 0 Å². The lowest BCUT2D eigenvalue weighted by Gasteiger charge is -2.17. The number of aliphatic carboxylic acids is 3. The van der Waals surface area contributed by atoms with E-state index in [0.29, 0.717) is 11.8 Å². The monoisotopic (exact) mass is 393 g/mol. The molecule has 0 aromatic heterocycles. The maximum atomic E-state index is 11.9. The lowest BCUT2D eigenvalue weighted by atomic mass is 10.1. The predicted molar refractivity (Wildman–Crippen MR) is 88.2 cm³/mol. The SMILES string of the molecule is NC(CCC(=O)NC(CS/C=C(/O)C(=O)O)C(=O)NCC(=O)O)C(=O)O. The Kier molecular flexibility index (Phi) is 10.4. The molecule has 0 saturated heterocycles. The highest BCUT2D eigenvalue weighted by Gasteiger charge is 2.22. The Hall–Kier alpha value is -2.80. The number of carbonyl (C=O) groups excluding carboxylic acids is 2. The van der Waals surface area contributed by atoms with E-state index >= 15 is 0 Å². The molecule has 13 heteroatoms. The zero-order valence-corrected chi connectivity index (χ0v) is 14.2. The molecule has 0 fully saturated rings. The Morgan fingerprint density at radius 2 is 1.69 bits per heavy atom. The van der Waals surface area contributed by atoms with Gasteiger partial charge in [-0.05, 0) is 6.42 Å². The zero-order chi connectivity index (χ0) is 20.3. The van der Waals surface area contributed by atoms with Gasteiger partial charge < -0.3 is 36.8 Å². The first-order valence-corrected chi connectivity index (χ1v) is 8.10. The molecule has 2 amide bonds. The van der Waals surface area contributed by atoms with Gasteiger partial charge in [0.1, 0.15) is 18.6 Å². The second-order valence-corrected chi connectivity index (χ2v) is 5.76. The quantitative estimate of drug-likeness (QED) is 0.143. The van der Waals surface area contributed by atoms with E-state index < -0.39 is 54.1 Å². The number of carboxylic acid groups (broad SMARTS) is 3. The van der Waals surface area contributed by atoms with Crippen LogP contribution >= 0.6 is 11.8 Å². The molecule has 8 N–H and O–H groups in total. The van der Waals surface area contributed by atoms with E-state index in [4.69, 9.17) is 26.2 Å². The number of thioether (sulfide) groups is 1. The number of rotatable bonds is 12. The van der Waals surface area contributed by atoms with Crippen LogP contribution in [0.25, 0.3) is 0 Å². The van der Waals surface area contributed by atoms with Gasteiger partial charge in [-0.15, -0.1) is 11.8 Å². The van der Waals surface area contributed by atoms with E-state index in [1.807, 2.05) is 5.32 Å². The summed E-state index contributed by atoms with van der Waals surface area (Å²) in [6, 6.07) is -2.50. The molecule has 0 heterocycles. The molecule has 0 aliphatic heterocycles. The molecule has 0 aliphatic carbocycles. The number of aliphatic hydroxyl groups is 1. The number of carboxylic acids is 3. The Labute approximate surface area is 151 Å². The van der Waals surface area contributed by atoms with Crippen molar-refractivity contribution in [3.63, 3.8) is 0 Å². The third kappa shape index (κ3) is 10.1. The molecule has 12 nitrogen and oxygen atoms in total. The molecular weight excluding hydrogens is 374 g/mol. The van der Waals surface area contributed by atoms with Crippen LogP contribution < -0.4 is 16.4 Å². The number of aliphatic hydroxyl groups excluding tert-OH is 1. The van der Waals surface area contributed by atoms with Crippen LogP contribution in [0.3, 0.4) is 0 Å². The maximum Gasteiger partial charge on any atom is 0.371 e. The average Bonchev–Trinajstić information content (AvgIpc) is 2.55. The van der Waals surface area contributed by atoms with Gasteiger partial charge in [0, 0.05) is 17.6 Å². The van der Waals surface area contributed by atoms with Crippen LogP contribution in [0.15, 0.2) is 11.2 Å². The van der Waals surface area contributed by atoms with Crippen molar-refractivity contribution in [2.45, 2.75) is 24.9 Å². The fourth-order valence-electron chi connectivity index (χ4n) is 1.42. The number of carbonyl (C=O) groups is 5. The first-order valence-electron chi connectivity index (χ1n) is 7.05. The third-order valence-corrected chi connectivity index (χ3v) is 3.66. The first kappa shape index (κ1) is 23.2. The molecule has 0 aromatic carbocycles. The molecule has 0 spiro atoms. The molecular formula is C13H19N3O9S. The van der Waals surface area contributed by atoms with Crippen LogP contribution in [-0.2, 0) is 24.0 Å². The Morgan fingerprint density at radius 1 is 1.08 bits per heavy atom. The summed E-state index contributed by atoms with van der Waals surface area (Å²) in [6.07, 6.45) is -0.478. The lowest BCUT2D eigenvalue weighted by Crippen LogP contribution is -2.49. The molecule has 2 atom stereocenters. The lowest BCUT2D eigenvalue weighted by molar-refractivity contribution is -0.139. The van der Waals surface area contributed by atoms with Crippen molar-refractivity contribution in [3.05, 3.63) is 11.2 Å². The molecule has 0 rings (SSSR count). The number of amides is 2. The van der Waals surface area contributed by atoms with Gasteiger partial charge >= 0.3 is 17.9 Å². The third-order valence-electron chi connectivity index (χ3n) is 2.74. The van der Waals surface area contributed by atoms with Crippen LogP contribution in [-0.4, -0.2) is 74.5 Å². The van der Waals surface area contributed by atoms with Crippen molar-refractivity contribution in [1.29, 1.82) is 0 Å². The maximum absolute atomic E-state index is 11.9. The Bertz CT molecular complexity index is 593. The van der Waals surface area contributed by atoms with Gasteiger partial charge in [0.15, 0.2) is 0 Å². The van der Waals surface area contributed by atoms with Crippen LogP contribution in [0.2, 0.25) is 0 Å². The van der Waals surface area contributed by atoms with Gasteiger partial charge in [-0.1, -0.05) is 0 Å². The van der Waals surface area contributed by atoms with Crippen LogP contribution in [0, 0.1) is 0 Å². The molecule has 0 aliphatic rings. The minimum atomic E-state index is -1.59. The van der Waals surface area contributed by atoms with E-state index in [2.05, 4.69) is 5.32 Å². The van der Waals surface area contributed by atoms with E-state index in [1.165, 1.54) is 0 Å². The summed E-state index contributed by atoms with van der Waals surface area (Å²) in [5.41, 5.74) is 5.26. The van der Waals surface area contributed by atoms with Gasteiger partial charge in [0.25, 0.3) is 0 Å². The van der Waals surface area contributed by atoms with Crippen molar-refractivity contribution < 1.29 is 44.4 Å². The minimum absolute atomic E-state index is 0.183. The summed E-state index contributed by atoms with van der Waals surface area (Å²) in [5, 5.41) is 39.9. The summed E-state index contributed by atoms with van der Waals surface area (Å²) in [4.78, 5) is 55.3. The number of hydrogen-bond acceptors (Lipinski definition) is 8. The van der Waals surface area contributed by atoms with Gasteiger partial charge in [0.05, 0.1) is 0 Å². The smallest absolute Gasteiger partial charge is 0.371 e.